The van der Waals surface area contributed by atoms with E-state index in [1.165, 1.54) is 23.9 Å². The van der Waals surface area contributed by atoms with Crippen LogP contribution in [0.15, 0.2) is 119 Å². The Bertz CT molecular complexity index is 1810. The van der Waals surface area contributed by atoms with E-state index in [2.05, 4.69) is 16.7 Å². The van der Waals surface area contributed by atoms with Crippen LogP contribution in [0.1, 0.15) is 22.4 Å². The molecule has 8 heteroatoms. The summed E-state index contributed by atoms with van der Waals surface area (Å²) in [6, 6.07) is 34.3. The van der Waals surface area contributed by atoms with Crippen molar-refractivity contribution in [1.29, 1.82) is 0 Å². The summed E-state index contributed by atoms with van der Waals surface area (Å²) < 4.78 is 2.19. The van der Waals surface area contributed by atoms with E-state index in [1.54, 1.807) is 17.0 Å². The number of fused-ring (bicyclic) bond motifs is 1. The van der Waals surface area contributed by atoms with Crippen LogP contribution < -0.4 is 0 Å². The Morgan fingerprint density at radius 1 is 0.829 bits per heavy atom. The molecule has 6 rings (SSSR count). The summed E-state index contributed by atoms with van der Waals surface area (Å²) in [6.07, 6.45) is 1.97. The molecule has 1 saturated heterocycles. The Hall–Kier alpha value is -4.95. The minimum atomic E-state index is -0.392. The molecule has 0 aliphatic carbocycles. The number of non-ortho nitro benzene ring substituents is 1. The van der Waals surface area contributed by atoms with Crippen molar-refractivity contribution in [2.45, 2.75) is 20.0 Å². The van der Waals surface area contributed by atoms with Crippen molar-refractivity contribution in [3.05, 3.63) is 147 Å². The molecule has 0 bridgehead atoms. The molecule has 0 unspecified atom stereocenters. The molecule has 1 aromatic heterocycles. The standard InChI is InChI=1S/C33H26N4O3S/c1-23-29(28-14-8-9-15-30(28)35(23)21-25-16-18-27(19-17-25)37(39)40)20-31-32(38)36(22-24-10-4-2-5-11-24)33(41-31)34-26-12-6-3-7-13-26/h2-20H,21-22H2,1H3/b31-20+,34-33?. The quantitative estimate of drug-likeness (QED) is 0.116. The third-order valence-corrected chi connectivity index (χ3v) is 8.10. The van der Waals surface area contributed by atoms with Gasteiger partial charge in [0.05, 0.1) is 22.1 Å². The number of nitrogens with zero attached hydrogens (tertiary/aromatic N) is 4. The van der Waals surface area contributed by atoms with Crippen molar-refractivity contribution in [1.82, 2.24) is 9.47 Å². The molecule has 0 saturated carbocycles. The van der Waals surface area contributed by atoms with Crippen LogP contribution in [-0.2, 0) is 17.9 Å². The van der Waals surface area contributed by atoms with Crippen LogP contribution in [0.2, 0.25) is 0 Å². The average molecular weight is 559 g/mol. The van der Waals surface area contributed by atoms with Gasteiger partial charge in [-0.2, -0.15) is 0 Å². The highest BCUT2D eigenvalue weighted by Gasteiger charge is 2.34. The summed E-state index contributed by atoms with van der Waals surface area (Å²) in [7, 11) is 0. The van der Waals surface area contributed by atoms with E-state index < -0.39 is 4.92 Å². The largest absolute Gasteiger partial charge is 0.340 e. The highest BCUT2D eigenvalue weighted by molar-refractivity contribution is 8.18. The summed E-state index contributed by atoms with van der Waals surface area (Å²) in [5.74, 6) is -0.0832. The number of carbonyl (C=O) groups excluding carboxylic acids is 1. The van der Waals surface area contributed by atoms with E-state index in [9.17, 15) is 14.9 Å². The Labute approximate surface area is 241 Å². The Morgan fingerprint density at radius 2 is 1.46 bits per heavy atom. The maximum atomic E-state index is 13.8. The molecule has 202 valence electrons. The average Bonchev–Trinajstić information content (AvgIpc) is 3.42. The van der Waals surface area contributed by atoms with Crippen LogP contribution >= 0.6 is 11.8 Å². The Morgan fingerprint density at radius 3 is 2.17 bits per heavy atom. The fourth-order valence-electron chi connectivity index (χ4n) is 4.99. The summed E-state index contributed by atoms with van der Waals surface area (Å²) in [5, 5.41) is 12.8. The molecule has 2 heterocycles. The van der Waals surface area contributed by atoms with E-state index in [0.717, 1.165) is 39.0 Å². The SMILES string of the molecule is Cc1c(/C=C2/SC(=Nc3ccccc3)N(Cc3ccccc3)C2=O)c2ccccc2n1Cc1ccc([N+](=O)[O-])cc1. The van der Waals surface area contributed by atoms with Gasteiger partial charge < -0.3 is 4.57 Å². The molecular formula is C33H26N4O3S. The van der Waals surface area contributed by atoms with Gasteiger partial charge in [0.25, 0.3) is 11.6 Å². The lowest BCUT2D eigenvalue weighted by molar-refractivity contribution is -0.384. The van der Waals surface area contributed by atoms with Crippen LogP contribution in [0.5, 0.6) is 0 Å². The Kier molecular flexibility index (Phi) is 7.22. The molecule has 1 fully saturated rings. The molecule has 5 aromatic rings. The molecule has 0 radical (unpaired) electrons. The van der Waals surface area contributed by atoms with Gasteiger partial charge in [0.15, 0.2) is 5.17 Å². The van der Waals surface area contributed by atoms with Gasteiger partial charge in [-0.05, 0) is 54.1 Å². The number of amides is 1. The number of carbonyl (C=O) groups is 1. The van der Waals surface area contributed by atoms with Crippen molar-refractivity contribution in [3.8, 4) is 0 Å². The van der Waals surface area contributed by atoms with Crippen LogP contribution in [0.3, 0.4) is 0 Å². The zero-order chi connectivity index (χ0) is 28.3. The highest BCUT2D eigenvalue weighted by atomic mass is 32.2. The topological polar surface area (TPSA) is 80.7 Å². The van der Waals surface area contributed by atoms with Crippen LogP contribution in [0.4, 0.5) is 11.4 Å². The number of aromatic nitrogens is 1. The minimum Gasteiger partial charge on any atom is -0.340 e. The second-order valence-corrected chi connectivity index (χ2v) is 10.8. The minimum absolute atomic E-state index is 0.0676. The molecule has 1 aliphatic rings. The number of nitro groups is 1. The first-order valence-corrected chi connectivity index (χ1v) is 14.0. The zero-order valence-electron chi connectivity index (χ0n) is 22.3. The van der Waals surface area contributed by atoms with Crippen molar-refractivity contribution in [3.63, 3.8) is 0 Å². The number of benzene rings is 4. The van der Waals surface area contributed by atoms with Gasteiger partial charge in [0, 0.05) is 40.8 Å². The van der Waals surface area contributed by atoms with Crippen molar-refractivity contribution >= 4 is 51.2 Å². The Balaban J connectivity index is 1.39. The van der Waals surface area contributed by atoms with Crippen molar-refractivity contribution in [2.75, 3.05) is 0 Å². The molecule has 1 amide bonds. The van der Waals surface area contributed by atoms with Crippen molar-refractivity contribution in [2.24, 2.45) is 4.99 Å². The first-order chi connectivity index (χ1) is 20.0. The second-order valence-electron chi connectivity index (χ2n) is 9.74. The number of aliphatic imine (C=N–C) groups is 1. The van der Waals surface area contributed by atoms with Crippen LogP contribution in [0.25, 0.3) is 17.0 Å². The number of thioether (sulfide) groups is 1. The number of hydrogen-bond donors (Lipinski definition) is 0. The lowest BCUT2D eigenvalue weighted by atomic mass is 10.1. The van der Waals surface area contributed by atoms with Gasteiger partial charge >= 0.3 is 0 Å². The first kappa shape index (κ1) is 26.3. The molecule has 41 heavy (non-hydrogen) atoms. The highest BCUT2D eigenvalue weighted by Crippen LogP contribution is 2.38. The van der Waals surface area contributed by atoms with E-state index in [0.29, 0.717) is 23.2 Å². The van der Waals surface area contributed by atoms with E-state index in [1.807, 2.05) is 85.8 Å². The monoisotopic (exact) mass is 558 g/mol. The van der Waals surface area contributed by atoms with Gasteiger partial charge in [-0.1, -0.05) is 78.9 Å². The molecule has 1 aliphatic heterocycles. The summed E-state index contributed by atoms with van der Waals surface area (Å²) >= 11 is 1.38. The number of para-hydroxylation sites is 2. The number of amidine groups is 1. The molecule has 0 N–H and O–H groups in total. The van der Waals surface area contributed by atoms with Gasteiger partial charge in [-0.15, -0.1) is 0 Å². The van der Waals surface area contributed by atoms with Gasteiger partial charge in [-0.25, -0.2) is 4.99 Å². The van der Waals surface area contributed by atoms with Gasteiger partial charge in [0.2, 0.25) is 0 Å². The van der Waals surface area contributed by atoms with Crippen LogP contribution in [-0.4, -0.2) is 25.5 Å². The van der Waals surface area contributed by atoms with Crippen LogP contribution in [0, 0.1) is 17.0 Å². The number of hydrogen-bond acceptors (Lipinski definition) is 5. The summed E-state index contributed by atoms with van der Waals surface area (Å²) in [4.78, 5) is 31.7. The molecule has 7 nitrogen and oxygen atoms in total. The molecule has 0 atom stereocenters. The van der Waals surface area contributed by atoms with E-state index in [-0.39, 0.29) is 11.6 Å². The van der Waals surface area contributed by atoms with Crippen molar-refractivity contribution < 1.29 is 9.72 Å². The predicted octanol–water partition coefficient (Wildman–Crippen LogP) is 7.71. The van der Waals surface area contributed by atoms with E-state index in [4.69, 9.17) is 4.99 Å². The van der Waals surface area contributed by atoms with Gasteiger partial charge in [0.1, 0.15) is 0 Å². The third-order valence-electron chi connectivity index (χ3n) is 7.10. The molecule has 0 spiro atoms. The zero-order valence-corrected chi connectivity index (χ0v) is 23.1. The van der Waals surface area contributed by atoms with E-state index >= 15 is 0 Å². The molecular weight excluding hydrogens is 532 g/mol. The summed E-state index contributed by atoms with van der Waals surface area (Å²) in [6.45, 7) is 3.02. The maximum absolute atomic E-state index is 13.8. The predicted molar refractivity (Wildman–Crippen MR) is 165 cm³/mol. The summed E-state index contributed by atoms with van der Waals surface area (Å²) in [5.41, 5.74) is 5.85. The normalized spacial score (nSPS) is 15.3. The fraction of sp³-hybridized carbons (Fsp3) is 0.0909. The second kappa shape index (κ2) is 11.3. The lowest BCUT2D eigenvalue weighted by Gasteiger charge is -2.15. The number of rotatable bonds is 7. The smallest absolute Gasteiger partial charge is 0.269 e. The first-order valence-electron chi connectivity index (χ1n) is 13.2. The maximum Gasteiger partial charge on any atom is 0.269 e. The fourth-order valence-corrected chi connectivity index (χ4v) is 5.97. The lowest BCUT2D eigenvalue weighted by Crippen LogP contribution is -2.28. The number of nitro benzene ring substituents is 1. The van der Waals surface area contributed by atoms with Gasteiger partial charge in [-0.3, -0.25) is 19.8 Å². The molecule has 4 aromatic carbocycles. The third kappa shape index (κ3) is 5.42.